The molecule has 1 heterocycles. The van der Waals surface area contributed by atoms with Gasteiger partial charge in [-0.25, -0.2) is 8.57 Å². The minimum Gasteiger partial charge on any atom is -0.241 e. The molecule has 0 fully saturated rings. The number of nitrogens with zero attached hydrogens (tertiary/aromatic N) is 1. The molecular weight excluding hydrogens is 122 g/mol. The summed E-state index contributed by atoms with van der Waals surface area (Å²) >= 11 is 0. The van der Waals surface area contributed by atoms with Crippen molar-refractivity contribution in [1.29, 1.82) is 0 Å². The minimum atomic E-state index is -2.03. The fourth-order valence-electron chi connectivity index (χ4n) is 0.483. The maximum absolute atomic E-state index is 11.0. The predicted molar refractivity (Wildman–Crippen MR) is 34.8 cm³/mol. The number of rotatable bonds is 0. The second-order valence-corrected chi connectivity index (χ2v) is 3.59. The van der Waals surface area contributed by atoms with E-state index in [1.807, 2.05) is 0 Å². The molecule has 0 aromatic carbocycles. The monoisotopic (exact) mass is 129 g/mol. The molecule has 8 heavy (non-hydrogen) atoms. The first-order valence-electron chi connectivity index (χ1n) is 2.27. The molecule has 0 saturated heterocycles. The Hall–Kier alpha value is -0.570. The van der Waals surface area contributed by atoms with Crippen LogP contribution in [0.15, 0.2) is 27.3 Å². The lowest BCUT2D eigenvalue weighted by molar-refractivity contribution is 0.687. The van der Waals surface area contributed by atoms with Crippen LogP contribution in [0.3, 0.4) is 0 Å². The summed E-state index contributed by atoms with van der Waals surface area (Å²) in [6.07, 6.45) is 3.49. The van der Waals surface area contributed by atoms with Crippen LogP contribution in [-0.4, -0.2) is 11.3 Å². The van der Waals surface area contributed by atoms with Crippen LogP contribution in [0.2, 0.25) is 0 Å². The van der Waals surface area contributed by atoms with Gasteiger partial charge in [0.25, 0.3) is 0 Å². The quantitative estimate of drug-likeness (QED) is 0.482. The molecule has 1 aliphatic rings. The van der Waals surface area contributed by atoms with Crippen LogP contribution in [0.5, 0.6) is 0 Å². The number of hydrogen-bond acceptors (Lipinski definition) is 2. The normalized spacial score (nSPS) is 21.6. The van der Waals surface area contributed by atoms with Gasteiger partial charge in [0.15, 0.2) is 0 Å². The molecule has 0 radical (unpaired) electrons. The van der Waals surface area contributed by atoms with Crippen molar-refractivity contribution in [2.45, 2.75) is 0 Å². The van der Waals surface area contributed by atoms with Crippen molar-refractivity contribution in [1.82, 2.24) is 0 Å². The van der Waals surface area contributed by atoms with Crippen LogP contribution < -0.4 is 0 Å². The van der Waals surface area contributed by atoms with Gasteiger partial charge in [0.05, 0.1) is 9.73 Å². The zero-order valence-corrected chi connectivity index (χ0v) is 5.39. The molecule has 0 bridgehead atoms. The maximum Gasteiger partial charge on any atom is 0.0897 e. The smallest absolute Gasteiger partial charge is 0.0897 e. The predicted octanol–water partition coefficient (Wildman–Crippen LogP) is 1.13. The van der Waals surface area contributed by atoms with Gasteiger partial charge < -0.3 is 0 Å². The highest BCUT2D eigenvalue weighted by Crippen LogP contribution is 2.06. The zero-order valence-electron chi connectivity index (χ0n) is 4.57. The third kappa shape index (κ3) is 0.816. The highest BCUT2D eigenvalue weighted by atomic mass is 32.2. The van der Waals surface area contributed by atoms with Crippen molar-refractivity contribution in [2.75, 3.05) is 7.05 Å². The Kier molecular flexibility index (Phi) is 1.21. The lowest BCUT2D eigenvalue weighted by atomic mass is 10.6. The van der Waals surface area contributed by atoms with E-state index in [2.05, 4.69) is 4.36 Å². The summed E-state index contributed by atoms with van der Waals surface area (Å²) in [6.45, 7) is 0. The van der Waals surface area contributed by atoms with Gasteiger partial charge in [0.1, 0.15) is 0 Å². The van der Waals surface area contributed by atoms with Gasteiger partial charge in [-0.3, -0.25) is 0 Å². The Morgan fingerprint density at radius 2 is 1.88 bits per heavy atom. The molecule has 0 atom stereocenters. The summed E-state index contributed by atoms with van der Waals surface area (Å²) in [7, 11) is -0.470. The minimum absolute atomic E-state index is 1.56. The molecule has 0 aromatic heterocycles. The lowest BCUT2D eigenvalue weighted by Gasteiger charge is -1.86. The van der Waals surface area contributed by atoms with E-state index >= 15 is 0 Å². The molecule has 0 saturated carbocycles. The topological polar surface area (TPSA) is 29.4 Å². The van der Waals surface area contributed by atoms with Crippen LogP contribution in [-0.2, 0) is 9.73 Å². The van der Waals surface area contributed by atoms with E-state index < -0.39 is 9.73 Å². The lowest BCUT2D eigenvalue weighted by Crippen LogP contribution is -1.81. The fraction of sp³-hybridized carbons (Fsp3) is 0.200. The summed E-state index contributed by atoms with van der Waals surface area (Å²) in [4.78, 5) is 0. The molecule has 0 aromatic rings. The van der Waals surface area contributed by atoms with E-state index in [9.17, 15) is 4.21 Å². The largest absolute Gasteiger partial charge is 0.241 e. The van der Waals surface area contributed by atoms with E-state index in [1.54, 1.807) is 30.0 Å². The highest BCUT2D eigenvalue weighted by Gasteiger charge is 1.98. The van der Waals surface area contributed by atoms with Crippen LogP contribution in [0.4, 0.5) is 0 Å². The van der Waals surface area contributed by atoms with Crippen molar-refractivity contribution in [3.8, 4) is 0 Å². The van der Waals surface area contributed by atoms with Crippen molar-refractivity contribution >= 4 is 9.73 Å². The molecule has 0 aliphatic carbocycles. The molecular formula is C5H7NOS. The first-order valence-corrected chi connectivity index (χ1v) is 3.91. The molecule has 0 spiro atoms. The third-order valence-electron chi connectivity index (χ3n) is 0.944. The zero-order chi connectivity index (χ0) is 6.04. The second-order valence-electron chi connectivity index (χ2n) is 1.45. The van der Waals surface area contributed by atoms with Gasteiger partial charge in [0.2, 0.25) is 0 Å². The Bertz CT molecular complexity index is 225. The van der Waals surface area contributed by atoms with Gasteiger partial charge >= 0.3 is 0 Å². The van der Waals surface area contributed by atoms with E-state index in [0.717, 1.165) is 0 Å². The van der Waals surface area contributed by atoms with Crippen molar-refractivity contribution < 1.29 is 4.21 Å². The van der Waals surface area contributed by atoms with Crippen LogP contribution in [0.1, 0.15) is 0 Å². The molecule has 44 valence electrons. The van der Waals surface area contributed by atoms with E-state index in [1.165, 1.54) is 0 Å². The van der Waals surface area contributed by atoms with Gasteiger partial charge in [-0.05, 0) is 0 Å². The maximum atomic E-state index is 11.0. The number of allylic oxidation sites excluding steroid dienone is 2. The average molecular weight is 129 g/mol. The first kappa shape index (κ1) is 5.56. The van der Waals surface area contributed by atoms with Gasteiger partial charge in [-0.1, -0.05) is 12.2 Å². The first-order chi connectivity index (χ1) is 3.77. The summed E-state index contributed by atoms with van der Waals surface area (Å²) in [5.74, 6) is 0. The molecule has 0 amide bonds. The fourth-order valence-corrected chi connectivity index (χ4v) is 1.45. The number of hydrogen-bond donors (Lipinski definition) is 0. The summed E-state index contributed by atoms with van der Waals surface area (Å²) < 4.78 is 14.7. The Morgan fingerprint density at radius 3 is 2.12 bits per heavy atom. The van der Waals surface area contributed by atoms with Crippen LogP contribution in [0.25, 0.3) is 0 Å². The molecule has 0 N–H and O–H groups in total. The molecule has 3 heteroatoms. The SMILES string of the molecule is CN=S1(=O)C=CC=C1. The summed E-state index contributed by atoms with van der Waals surface area (Å²) in [6, 6.07) is 0. The van der Waals surface area contributed by atoms with Crippen LogP contribution >= 0.6 is 0 Å². The second kappa shape index (κ2) is 1.74. The standard InChI is InChI=1S/C5H7NOS/c1-6-8(7)4-2-3-5-8/h2-5H,1H3. The molecule has 2 nitrogen and oxygen atoms in total. The van der Waals surface area contributed by atoms with Crippen LogP contribution in [0, 0.1) is 0 Å². The average Bonchev–Trinajstić information content (AvgIpc) is 2.17. The van der Waals surface area contributed by atoms with Crippen molar-refractivity contribution in [3.63, 3.8) is 0 Å². The van der Waals surface area contributed by atoms with Crippen molar-refractivity contribution in [2.24, 2.45) is 4.36 Å². The van der Waals surface area contributed by atoms with Crippen molar-refractivity contribution in [3.05, 3.63) is 23.0 Å². The molecule has 1 aliphatic heterocycles. The van der Waals surface area contributed by atoms with E-state index in [-0.39, 0.29) is 0 Å². The summed E-state index contributed by atoms with van der Waals surface area (Å²) in [5, 5.41) is 3.21. The van der Waals surface area contributed by atoms with E-state index in [0.29, 0.717) is 0 Å². The van der Waals surface area contributed by atoms with Gasteiger partial charge in [-0.15, -0.1) is 0 Å². The molecule has 1 rings (SSSR count). The van der Waals surface area contributed by atoms with Gasteiger partial charge in [0, 0.05) is 17.9 Å². The molecule has 0 unspecified atom stereocenters. The Morgan fingerprint density at radius 1 is 1.38 bits per heavy atom. The highest BCUT2D eigenvalue weighted by molar-refractivity contribution is 7.99. The summed E-state index contributed by atoms with van der Waals surface area (Å²) in [5.41, 5.74) is 0. The van der Waals surface area contributed by atoms with E-state index in [4.69, 9.17) is 0 Å². The Balaban J connectivity index is 3.23. The van der Waals surface area contributed by atoms with Gasteiger partial charge in [-0.2, -0.15) is 0 Å². The Labute approximate surface area is 49.1 Å². The third-order valence-corrected chi connectivity index (χ3v) is 2.61.